The van der Waals surface area contributed by atoms with Crippen molar-refractivity contribution in [2.24, 2.45) is 10.1 Å². The molecule has 0 bridgehead atoms. The summed E-state index contributed by atoms with van der Waals surface area (Å²) in [5.41, 5.74) is 0.639. The third kappa shape index (κ3) is 5.72. The fourth-order valence-electron chi connectivity index (χ4n) is 0.606. The molecule has 4 heteroatoms. The minimum Gasteiger partial charge on any atom is -0.291 e. The summed E-state index contributed by atoms with van der Waals surface area (Å²) in [6.07, 6.45) is 5.41. The first kappa shape index (κ1) is 12.1. The Bertz CT molecular complexity index is 283. The molecule has 0 heterocycles. The van der Waals surface area contributed by atoms with Gasteiger partial charge in [-0.15, -0.1) is 6.58 Å². The predicted molar refractivity (Wildman–Crippen MR) is 59.2 cm³/mol. The lowest BCUT2D eigenvalue weighted by atomic mass is 10.4. The predicted octanol–water partition coefficient (Wildman–Crippen LogP) is 1.59. The first-order chi connectivity index (χ1) is 6.72. The Morgan fingerprint density at radius 3 is 2.93 bits per heavy atom. The number of rotatable bonds is 6. The summed E-state index contributed by atoms with van der Waals surface area (Å²) in [5.74, 6) is 0. The van der Waals surface area contributed by atoms with Crippen molar-refractivity contribution in [1.82, 2.24) is 5.01 Å². The molecule has 0 aliphatic carbocycles. The van der Waals surface area contributed by atoms with Gasteiger partial charge in [0.2, 0.25) is 0 Å². The second-order valence-corrected chi connectivity index (χ2v) is 2.50. The van der Waals surface area contributed by atoms with Crippen LogP contribution in [-0.2, 0) is 0 Å². The molecular formula is C10H14N4. The van der Waals surface area contributed by atoms with Crippen molar-refractivity contribution in [3.8, 4) is 6.07 Å². The zero-order chi connectivity index (χ0) is 10.8. The average molecular weight is 190 g/mol. The summed E-state index contributed by atoms with van der Waals surface area (Å²) in [4.78, 5) is 4.10. The molecule has 0 atom stereocenters. The molecule has 0 unspecified atom stereocenters. The number of aliphatic imine (C=N–C) groups is 1. The van der Waals surface area contributed by atoms with Gasteiger partial charge in [-0.25, -0.2) is 0 Å². The van der Waals surface area contributed by atoms with Crippen LogP contribution in [0.5, 0.6) is 0 Å². The highest BCUT2D eigenvalue weighted by molar-refractivity contribution is 5.78. The lowest BCUT2D eigenvalue weighted by Gasteiger charge is -2.10. The van der Waals surface area contributed by atoms with Gasteiger partial charge in [0.05, 0.1) is 5.70 Å². The molecular weight excluding hydrogens is 176 g/mol. The van der Waals surface area contributed by atoms with Crippen LogP contribution >= 0.6 is 0 Å². The van der Waals surface area contributed by atoms with Crippen molar-refractivity contribution >= 4 is 12.4 Å². The summed E-state index contributed by atoms with van der Waals surface area (Å²) in [6, 6.07) is 1.80. The molecule has 0 fully saturated rings. The van der Waals surface area contributed by atoms with Gasteiger partial charge in [0, 0.05) is 19.8 Å². The van der Waals surface area contributed by atoms with Crippen LogP contribution in [0.4, 0.5) is 0 Å². The molecule has 0 amide bonds. The Kier molecular flexibility index (Phi) is 6.70. The van der Waals surface area contributed by atoms with E-state index >= 15 is 0 Å². The Balaban J connectivity index is 3.95. The van der Waals surface area contributed by atoms with Gasteiger partial charge in [0.1, 0.15) is 12.3 Å². The quantitative estimate of drug-likeness (QED) is 0.276. The monoisotopic (exact) mass is 190 g/mol. The van der Waals surface area contributed by atoms with Crippen molar-refractivity contribution in [2.45, 2.75) is 6.42 Å². The van der Waals surface area contributed by atoms with E-state index in [1.165, 1.54) is 5.01 Å². The first-order valence-corrected chi connectivity index (χ1v) is 4.17. The van der Waals surface area contributed by atoms with Crippen LogP contribution in [0.25, 0.3) is 0 Å². The van der Waals surface area contributed by atoms with Gasteiger partial charge in [0.25, 0.3) is 0 Å². The number of allylic oxidation sites excluding steroid dienone is 1. The number of nitriles is 1. The molecule has 74 valence electrons. The standard InChI is InChI=1S/C10H14N4/c1-4-5-7-12-9-10(2)14(3)13-8-6-11/h4,8-9H,1-2,5,7H2,3H3/b12-9?,13-8-. The third-order valence-corrected chi connectivity index (χ3v) is 1.41. The van der Waals surface area contributed by atoms with Crippen LogP contribution in [0.3, 0.4) is 0 Å². The van der Waals surface area contributed by atoms with Crippen molar-refractivity contribution in [3.05, 3.63) is 24.9 Å². The maximum atomic E-state index is 8.24. The normalized spacial score (nSPS) is 10.3. The first-order valence-electron chi connectivity index (χ1n) is 4.17. The third-order valence-electron chi connectivity index (χ3n) is 1.41. The Labute approximate surface area is 84.6 Å². The highest BCUT2D eigenvalue weighted by atomic mass is 15.4. The van der Waals surface area contributed by atoms with E-state index in [4.69, 9.17) is 5.26 Å². The molecule has 0 aromatic rings. The molecule has 0 rings (SSSR count). The van der Waals surface area contributed by atoms with Crippen molar-refractivity contribution in [1.29, 1.82) is 5.26 Å². The van der Waals surface area contributed by atoms with E-state index in [0.29, 0.717) is 12.2 Å². The second kappa shape index (κ2) is 7.74. The highest BCUT2D eigenvalue weighted by Gasteiger charge is 1.93. The zero-order valence-corrected chi connectivity index (χ0v) is 8.35. The van der Waals surface area contributed by atoms with Crippen molar-refractivity contribution < 1.29 is 0 Å². The van der Waals surface area contributed by atoms with Crippen LogP contribution in [0, 0.1) is 11.3 Å². The lowest BCUT2D eigenvalue weighted by Crippen LogP contribution is -2.10. The summed E-state index contributed by atoms with van der Waals surface area (Å²) in [7, 11) is 1.70. The van der Waals surface area contributed by atoms with E-state index in [0.717, 1.165) is 12.6 Å². The van der Waals surface area contributed by atoms with Gasteiger partial charge >= 0.3 is 0 Å². The fraction of sp³-hybridized carbons (Fsp3) is 0.300. The van der Waals surface area contributed by atoms with Gasteiger partial charge in [-0.3, -0.25) is 10.0 Å². The van der Waals surface area contributed by atoms with E-state index in [9.17, 15) is 0 Å². The van der Waals surface area contributed by atoms with Crippen LogP contribution < -0.4 is 0 Å². The van der Waals surface area contributed by atoms with Gasteiger partial charge in [-0.05, 0) is 6.42 Å². The number of hydrogen-bond donors (Lipinski definition) is 0. The van der Waals surface area contributed by atoms with Gasteiger partial charge < -0.3 is 0 Å². The molecule has 0 aromatic heterocycles. The SMILES string of the molecule is C=CCCN=CC(=C)N(C)/N=C\C#N. The Morgan fingerprint density at radius 2 is 2.36 bits per heavy atom. The molecule has 0 aromatic carbocycles. The van der Waals surface area contributed by atoms with E-state index in [-0.39, 0.29) is 0 Å². The molecule has 4 nitrogen and oxygen atoms in total. The van der Waals surface area contributed by atoms with Crippen LogP contribution in [-0.4, -0.2) is 31.0 Å². The number of hydrazone groups is 1. The van der Waals surface area contributed by atoms with Crippen LogP contribution in [0.15, 0.2) is 35.0 Å². The number of nitrogens with zero attached hydrogens (tertiary/aromatic N) is 4. The van der Waals surface area contributed by atoms with E-state index < -0.39 is 0 Å². The maximum absolute atomic E-state index is 8.24. The Morgan fingerprint density at radius 1 is 1.64 bits per heavy atom. The minimum absolute atomic E-state index is 0.639. The van der Waals surface area contributed by atoms with Gasteiger partial charge in [-0.1, -0.05) is 12.7 Å². The molecule has 0 saturated carbocycles. The van der Waals surface area contributed by atoms with E-state index in [1.807, 2.05) is 0 Å². The molecule has 0 saturated heterocycles. The molecule has 0 N–H and O–H groups in total. The molecule has 0 radical (unpaired) electrons. The molecule has 14 heavy (non-hydrogen) atoms. The van der Waals surface area contributed by atoms with Crippen molar-refractivity contribution in [2.75, 3.05) is 13.6 Å². The van der Waals surface area contributed by atoms with Crippen LogP contribution in [0.1, 0.15) is 6.42 Å². The maximum Gasteiger partial charge on any atom is 0.125 e. The summed E-state index contributed by atoms with van der Waals surface area (Å²) >= 11 is 0. The lowest BCUT2D eigenvalue weighted by molar-refractivity contribution is 0.476. The fourth-order valence-corrected chi connectivity index (χ4v) is 0.606. The van der Waals surface area contributed by atoms with E-state index in [1.54, 1.807) is 25.4 Å². The molecule has 0 spiro atoms. The smallest absolute Gasteiger partial charge is 0.125 e. The largest absolute Gasteiger partial charge is 0.291 e. The molecule has 0 aliphatic heterocycles. The number of hydrogen-bond acceptors (Lipinski definition) is 4. The summed E-state index contributed by atoms with van der Waals surface area (Å²) in [6.45, 7) is 8.01. The minimum atomic E-state index is 0.639. The van der Waals surface area contributed by atoms with Crippen molar-refractivity contribution in [3.63, 3.8) is 0 Å². The van der Waals surface area contributed by atoms with Gasteiger partial charge in [-0.2, -0.15) is 10.4 Å². The summed E-state index contributed by atoms with van der Waals surface area (Å²) < 4.78 is 0. The zero-order valence-electron chi connectivity index (χ0n) is 8.35. The van der Waals surface area contributed by atoms with Gasteiger partial charge in [0.15, 0.2) is 0 Å². The highest BCUT2D eigenvalue weighted by Crippen LogP contribution is 1.94. The molecule has 0 aliphatic rings. The summed E-state index contributed by atoms with van der Waals surface area (Å²) in [5, 5.41) is 13.5. The second-order valence-electron chi connectivity index (χ2n) is 2.50. The topological polar surface area (TPSA) is 51.8 Å². The Hall–Kier alpha value is -1.89. The van der Waals surface area contributed by atoms with Crippen LogP contribution in [0.2, 0.25) is 0 Å². The van der Waals surface area contributed by atoms with E-state index in [2.05, 4.69) is 23.3 Å². The average Bonchev–Trinajstić information content (AvgIpc) is 2.20.